The number of hydrogen-bond donors (Lipinski definition) is 2. The van der Waals surface area contributed by atoms with E-state index in [2.05, 4.69) is 0 Å². The summed E-state index contributed by atoms with van der Waals surface area (Å²) in [5.41, 5.74) is 6.76. The van der Waals surface area contributed by atoms with E-state index in [4.69, 9.17) is 31.9 Å². The molecule has 0 saturated heterocycles. The van der Waals surface area contributed by atoms with Crippen molar-refractivity contribution < 1.29 is 19.0 Å². The Morgan fingerprint density at radius 3 is 2.68 bits per heavy atom. The van der Waals surface area contributed by atoms with Gasteiger partial charge in [0.05, 0.1) is 24.8 Å². The van der Waals surface area contributed by atoms with Gasteiger partial charge in [-0.05, 0) is 29.8 Å². The minimum absolute atomic E-state index is 0.0206. The van der Waals surface area contributed by atoms with Gasteiger partial charge in [0.1, 0.15) is 12.4 Å². The average Bonchev–Trinajstić information content (AvgIpc) is 2.53. The van der Waals surface area contributed by atoms with Gasteiger partial charge < -0.3 is 20.3 Å². The van der Waals surface area contributed by atoms with Crippen molar-refractivity contribution in [3.05, 3.63) is 58.4 Å². The third-order valence-electron chi connectivity index (χ3n) is 3.25. The van der Waals surface area contributed by atoms with Crippen LogP contribution in [0.1, 0.15) is 17.2 Å². The Balaban J connectivity index is 2.19. The van der Waals surface area contributed by atoms with Crippen LogP contribution in [0.5, 0.6) is 11.5 Å². The molecule has 0 heterocycles. The molecule has 0 amide bonds. The van der Waals surface area contributed by atoms with E-state index in [1.807, 2.05) is 0 Å². The third kappa shape index (κ3) is 3.68. The summed E-state index contributed by atoms with van der Waals surface area (Å²) in [4.78, 5) is 0. The van der Waals surface area contributed by atoms with E-state index in [-0.39, 0.29) is 18.8 Å². The number of hydrogen-bond acceptors (Lipinski definition) is 4. The van der Waals surface area contributed by atoms with Gasteiger partial charge in [0.2, 0.25) is 0 Å². The number of aliphatic hydroxyl groups excluding tert-OH is 1. The standard InChI is InChI=1S/C16H17ClFNO3/c1-21-16-7-10(14(19)8-20)5-6-15(16)22-9-11-12(17)3-2-4-13(11)18/h2-7,14,20H,8-9,19H2,1H3/t14-/m0/s1. The molecule has 2 aromatic carbocycles. The molecule has 0 radical (unpaired) electrons. The lowest BCUT2D eigenvalue weighted by Gasteiger charge is -2.15. The second-order valence-electron chi connectivity index (χ2n) is 4.69. The second-order valence-corrected chi connectivity index (χ2v) is 5.10. The molecular weight excluding hydrogens is 309 g/mol. The van der Waals surface area contributed by atoms with E-state index >= 15 is 0 Å². The minimum atomic E-state index is -0.496. The van der Waals surface area contributed by atoms with Gasteiger partial charge in [-0.1, -0.05) is 23.7 Å². The Kier molecular flexibility index (Phi) is 5.60. The van der Waals surface area contributed by atoms with Crippen LogP contribution in [-0.2, 0) is 6.61 Å². The molecule has 118 valence electrons. The molecule has 0 aliphatic heterocycles. The summed E-state index contributed by atoms with van der Waals surface area (Å²) in [5, 5.41) is 9.38. The summed E-state index contributed by atoms with van der Waals surface area (Å²) >= 11 is 5.96. The van der Waals surface area contributed by atoms with Crippen LogP contribution in [0.3, 0.4) is 0 Å². The molecule has 4 nitrogen and oxygen atoms in total. The topological polar surface area (TPSA) is 64.7 Å². The van der Waals surface area contributed by atoms with Crippen molar-refractivity contribution in [3.63, 3.8) is 0 Å². The Bertz CT molecular complexity index is 631. The summed E-state index contributed by atoms with van der Waals surface area (Å²) in [7, 11) is 1.49. The lowest BCUT2D eigenvalue weighted by Crippen LogP contribution is -2.14. The smallest absolute Gasteiger partial charge is 0.161 e. The predicted molar refractivity (Wildman–Crippen MR) is 82.8 cm³/mol. The zero-order valence-corrected chi connectivity index (χ0v) is 12.8. The van der Waals surface area contributed by atoms with Crippen LogP contribution >= 0.6 is 11.6 Å². The second kappa shape index (κ2) is 7.45. The van der Waals surface area contributed by atoms with Gasteiger partial charge in [-0.3, -0.25) is 0 Å². The van der Waals surface area contributed by atoms with Crippen LogP contribution in [-0.4, -0.2) is 18.8 Å². The number of halogens is 2. The average molecular weight is 326 g/mol. The van der Waals surface area contributed by atoms with Gasteiger partial charge in [0.15, 0.2) is 11.5 Å². The molecule has 2 aromatic rings. The molecule has 1 atom stereocenters. The van der Waals surface area contributed by atoms with Crippen molar-refractivity contribution in [1.29, 1.82) is 0 Å². The summed E-state index contributed by atoms with van der Waals surface area (Å²) in [6.07, 6.45) is 0. The fourth-order valence-corrected chi connectivity index (χ4v) is 2.18. The molecule has 0 unspecified atom stereocenters. The molecule has 6 heteroatoms. The lowest BCUT2D eigenvalue weighted by atomic mass is 10.1. The third-order valence-corrected chi connectivity index (χ3v) is 3.60. The van der Waals surface area contributed by atoms with E-state index in [9.17, 15) is 4.39 Å². The van der Waals surface area contributed by atoms with Gasteiger partial charge in [-0.25, -0.2) is 4.39 Å². The highest BCUT2D eigenvalue weighted by Gasteiger charge is 2.12. The van der Waals surface area contributed by atoms with Crippen LogP contribution in [0.4, 0.5) is 4.39 Å². The first-order chi connectivity index (χ1) is 10.6. The monoisotopic (exact) mass is 325 g/mol. The Morgan fingerprint density at radius 1 is 1.27 bits per heavy atom. The lowest BCUT2D eigenvalue weighted by molar-refractivity contribution is 0.265. The van der Waals surface area contributed by atoms with Gasteiger partial charge in [-0.15, -0.1) is 0 Å². The van der Waals surface area contributed by atoms with Gasteiger partial charge in [0.25, 0.3) is 0 Å². The summed E-state index contributed by atoms with van der Waals surface area (Å²) in [6, 6.07) is 9.03. The SMILES string of the molecule is COc1cc([C@@H](N)CO)ccc1OCc1c(F)cccc1Cl. The minimum Gasteiger partial charge on any atom is -0.493 e. The Hall–Kier alpha value is -1.82. The zero-order chi connectivity index (χ0) is 16.1. The fourth-order valence-electron chi connectivity index (χ4n) is 1.96. The molecule has 0 aliphatic carbocycles. The predicted octanol–water partition coefficient (Wildman–Crippen LogP) is 3.06. The van der Waals surface area contributed by atoms with Gasteiger partial charge in [0, 0.05) is 5.56 Å². The number of aliphatic hydroxyl groups is 1. The zero-order valence-electron chi connectivity index (χ0n) is 12.1. The molecule has 0 aliphatic rings. The normalized spacial score (nSPS) is 12.0. The molecular formula is C16H17ClFNO3. The van der Waals surface area contributed by atoms with Crippen LogP contribution in [0.15, 0.2) is 36.4 Å². The number of ether oxygens (including phenoxy) is 2. The van der Waals surface area contributed by atoms with Gasteiger partial charge in [-0.2, -0.15) is 0 Å². The fraction of sp³-hybridized carbons (Fsp3) is 0.250. The molecule has 2 rings (SSSR count). The number of nitrogens with two attached hydrogens (primary N) is 1. The first-order valence-electron chi connectivity index (χ1n) is 6.67. The van der Waals surface area contributed by atoms with Crippen LogP contribution in [0.25, 0.3) is 0 Å². The number of rotatable bonds is 6. The maximum Gasteiger partial charge on any atom is 0.161 e. The van der Waals surface area contributed by atoms with Crippen molar-refractivity contribution >= 4 is 11.6 Å². The van der Waals surface area contributed by atoms with E-state index in [0.29, 0.717) is 16.5 Å². The first kappa shape index (κ1) is 16.5. The summed E-state index contributed by atoms with van der Waals surface area (Å²) < 4.78 is 24.5. The highest BCUT2D eigenvalue weighted by atomic mass is 35.5. The van der Waals surface area contributed by atoms with Crippen LogP contribution < -0.4 is 15.2 Å². The van der Waals surface area contributed by atoms with Crippen molar-refractivity contribution in [2.45, 2.75) is 12.6 Å². The highest BCUT2D eigenvalue weighted by Crippen LogP contribution is 2.31. The molecule has 22 heavy (non-hydrogen) atoms. The van der Waals surface area contributed by atoms with Crippen molar-refractivity contribution in [2.24, 2.45) is 5.73 Å². The van der Waals surface area contributed by atoms with Crippen LogP contribution in [0, 0.1) is 5.82 Å². The van der Waals surface area contributed by atoms with Gasteiger partial charge >= 0.3 is 0 Å². The quantitative estimate of drug-likeness (QED) is 0.856. The van der Waals surface area contributed by atoms with Crippen molar-refractivity contribution in [2.75, 3.05) is 13.7 Å². The maximum absolute atomic E-state index is 13.7. The number of methoxy groups -OCH3 is 1. The molecule has 0 spiro atoms. The van der Waals surface area contributed by atoms with Crippen molar-refractivity contribution in [3.8, 4) is 11.5 Å². The van der Waals surface area contributed by atoms with E-state index < -0.39 is 11.9 Å². The van der Waals surface area contributed by atoms with Crippen molar-refractivity contribution in [1.82, 2.24) is 0 Å². The summed E-state index contributed by atoms with van der Waals surface area (Å²) in [6.45, 7) is -0.193. The van der Waals surface area contributed by atoms with E-state index in [1.54, 1.807) is 24.3 Å². The number of benzene rings is 2. The molecule has 0 fully saturated rings. The first-order valence-corrected chi connectivity index (χ1v) is 7.04. The molecule has 0 saturated carbocycles. The molecule has 0 aromatic heterocycles. The largest absolute Gasteiger partial charge is 0.493 e. The Labute approximate surface area is 133 Å². The molecule has 0 bridgehead atoms. The summed E-state index contributed by atoms with van der Waals surface area (Å²) in [5.74, 6) is 0.468. The van der Waals surface area contributed by atoms with E-state index in [1.165, 1.54) is 19.2 Å². The van der Waals surface area contributed by atoms with Crippen LogP contribution in [0.2, 0.25) is 5.02 Å². The van der Waals surface area contributed by atoms with E-state index in [0.717, 1.165) is 5.56 Å². The molecule has 3 N–H and O–H groups in total. The highest BCUT2D eigenvalue weighted by molar-refractivity contribution is 6.31. The maximum atomic E-state index is 13.7. The Morgan fingerprint density at radius 2 is 2.05 bits per heavy atom.